The average molecular weight is 172 g/mol. The molecule has 0 aromatic heterocycles. The molecule has 0 bridgehead atoms. The summed E-state index contributed by atoms with van der Waals surface area (Å²) in [6.45, 7) is 1.31. The van der Waals surface area contributed by atoms with Crippen LogP contribution in [-0.2, 0) is 0 Å². The van der Waals surface area contributed by atoms with Gasteiger partial charge in [-0.2, -0.15) is 12.6 Å². The molecule has 0 spiro atoms. The van der Waals surface area contributed by atoms with Crippen molar-refractivity contribution in [2.75, 3.05) is 5.08 Å². The third-order valence-electron chi connectivity index (χ3n) is 0.269. The molecule has 0 unspecified atom stereocenters. The summed E-state index contributed by atoms with van der Waals surface area (Å²) in [6.07, 6.45) is 0. The van der Waals surface area contributed by atoms with E-state index in [4.69, 9.17) is 10.2 Å². The monoisotopic (exact) mass is 172 g/mol. The largest absolute Gasteiger partial charge is 0.357 e. The number of rotatable bonds is 3. The molecule has 0 aromatic rings. The van der Waals surface area contributed by atoms with E-state index in [-0.39, 0.29) is 0 Å². The van der Waals surface area contributed by atoms with Gasteiger partial charge in [-0.1, -0.05) is 10.8 Å². The lowest BCUT2D eigenvalue weighted by atomic mass is 10.8. The van der Waals surface area contributed by atoms with E-state index in [1.807, 2.05) is 0 Å². The van der Waals surface area contributed by atoms with Crippen molar-refractivity contribution in [3.05, 3.63) is 0 Å². The number of thiol groups is 1. The molecule has 0 aromatic carbocycles. The van der Waals surface area contributed by atoms with Crippen molar-refractivity contribution in [2.24, 2.45) is 0 Å². The maximum Gasteiger partial charge on any atom is 0.220 e. The van der Waals surface area contributed by atoms with E-state index in [9.17, 15) is 0 Å². The molecule has 0 atom stereocenters. The molecule has 0 saturated carbocycles. The highest BCUT2D eigenvalue weighted by Crippen LogP contribution is 2.31. The van der Waals surface area contributed by atoms with E-state index in [1.165, 1.54) is 17.7 Å². The minimum Gasteiger partial charge on any atom is -0.357 e. The molecule has 0 aliphatic carbocycles. The Balaban J connectivity index is 3.11. The first-order chi connectivity index (χ1) is 3.56. The van der Waals surface area contributed by atoms with Gasteiger partial charge in [0.1, 0.15) is 0 Å². The van der Waals surface area contributed by atoms with Gasteiger partial charge in [0.25, 0.3) is 0 Å². The van der Waals surface area contributed by atoms with Crippen LogP contribution in [0.25, 0.3) is 0 Å². The van der Waals surface area contributed by atoms with Gasteiger partial charge in [0.15, 0.2) is 0 Å². The Hall–Kier alpha value is 0.970. The van der Waals surface area contributed by atoms with Gasteiger partial charge in [-0.25, -0.2) is 0 Å². The standard InChI is InChI=1S/C3H8O2S3/c1-3(4,5)8-7-2-6/h4-6H,2H2,1H3. The van der Waals surface area contributed by atoms with Gasteiger partial charge < -0.3 is 10.2 Å². The Kier molecular flexibility index (Phi) is 4.37. The Morgan fingerprint density at radius 1 is 1.62 bits per heavy atom. The SMILES string of the molecule is CC(O)(O)SSCS. The van der Waals surface area contributed by atoms with Gasteiger partial charge in [-0.05, 0) is 10.8 Å². The van der Waals surface area contributed by atoms with Crippen LogP contribution in [0.1, 0.15) is 6.92 Å². The molecule has 0 rings (SSSR count). The normalized spacial score (nSPS) is 12.0. The number of aliphatic hydroxyl groups is 2. The van der Waals surface area contributed by atoms with E-state index < -0.39 is 5.12 Å². The van der Waals surface area contributed by atoms with Crippen LogP contribution >= 0.6 is 34.2 Å². The minimum absolute atomic E-state index is 0.585. The first-order valence-corrected chi connectivity index (χ1v) is 4.87. The summed E-state index contributed by atoms with van der Waals surface area (Å²) in [5, 5.41) is 16.2. The summed E-state index contributed by atoms with van der Waals surface area (Å²) in [6, 6.07) is 0. The summed E-state index contributed by atoms with van der Waals surface area (Å²) in [7, 11) is 2.28. The number of hydrogen-bond donors (Lipinski definition) is 3. The molecule has 0 heterocycles. The van der Waals surface area contributed by atoms with E-state index in [0.717, 1.165) is 10.8 Å². The van der Waals surface area contributed by atoms with Crippen molar-refractivity contribution in [3.63, 3.8) is 0 Å². The lowest BCUT2D eigenvalue weighted by Gasteiger charge is -2.11. The smallest absolute Gasteiger partial charge is 0.220 e. The molecule has 8 heavy (non-hydrogen) atoms. The molecule has 0 aliphatic rings. The molecular formula is C3H8O2S3. The predicted octanol–water partition coefficient (Wildman–Crippen LogP) is 0.913. The minimum atomic E-state index is -1.62. The Labute approximate surface area is 61.9 Å². The Morgan fingerprint density at radius 3 is 2.25 bits per heavy atom. The van der Waals surface area contributed by atoms with Crippen LogP contribution in [0.4, 0.5) is 0 Å². The highest BCUT2D eigenvalue weighted by atomic mass is 33.1. The molecule has 2 nitrogen and oxygen atoms in total. The molecule has 0 radical (unpaired) electrons. The highest BCUT2D eigenvalue weighted by molar-refractivity contribution is 8.78. The Bertz CT molecular complexity index is 60.0. The highest BCUT2D eigenvalue weighted by Gasteiger charge is 2.14. The van der Waals surface area contributed by atoms with Crippen molar-refractivity contribution < 1.29 is 10.2 Å². The first-order valence-electron chi connectivity index (χ1n) is 1.92. The zero-order valence-corrected chi connectivity index (χ0v) is 6.89. The van der Waals surface area contributed by atoms with E-state index >= 15 is 0 Å². The third-order valence-corrected chi connectivity index (χ3v) is 3.37. The van der Waals surface area contributed by atoms with Crippen LogP contribution in [0.3, 0.4) is 0 Å². The maximum absolute atomic E-state index is 8.61. The quantitative estimate of drug-likeness (QED) is 0.336. The molecule has 0 fully saturated rings. The van der Waals surface area contributed by atoms with Gasteiger partial charge in [0.05, 0.1) is 0 Å². The fourth-order valence-corrected chi connectivity index (χ4v) is 1.72. The van der Waals surface area contributed by atoms with Crippen molar-refractivity contribution in [2.45, 2.75) is 12.0 Å². The second-order valence-corrected chi connectivity index (χ2v) is 4.68. The summed E-state index contributed by atoms with van der Waals surface area (Å²) >= 11 is 3.85. The maximum atomic E-state index is 8.61. The van der Waals surface area contributed by atoms with Crippen LogP contribution in [0.15, 0.2) is 0 Å². The van der Waals surface area contributed by atoms with Gasteiger partial charge >= 0.3 is 0 Å². The molecule has 50 valence electrons. The van der Waals surface area contributed by atoms with Gasteiger partial charge in [-0.3, -0.25) is 0 Å². The van der Waals surface area contributed by atoms with Crippen LogP contribution in [-0.4, -0.2) is 20.4 Å². The van der Waals surface area contributed by atoms with Crippen molar-refractivity contribution in [1.29, 1.82) is 0 Å². The molecule has 2 N–H and O–H groups in total. The second kappa shape index (κ2) is 3.90. The summed E-state index contributed by atoms with van der Waals surface area (Å²) < 4.78 is 0. The summed E-state index contributed by atoms with van der Waals surface area (Å²) in [5.74, 6) is 0. The van der Waals surface area contributed by atoms with Crippen LogP contribution in [0, 0.1) is 0 Å². The lowest BCUT2D eigenvalue weighted by Crippen LogP contribution is -2.15. The molecule has 0 saturated heterocycles. The van der Waals surface area contributed by atoms with Crippen LogP contribution in [0.2, 0.25) is 0 Å². The summed E-state index contributed by atoms with van der Waals surface area (Å²) in [4.78, 5) is 0. The second-order valence-electron chi connectivity index (χ2n) is 1.26. The Morgan fingerprint density at radius 2 is 2.12 bits per heavy atom. The first kappa shape index (κ1) is 8.97. The van der Waals surface area contributed by atoms with Crippen molar-refractivity contribution in [3.8, 4) is 0 Å². The van der Waals surface area contributed by atoms with Gasteiger partial charge in [0.2, 0.25) is 5.12 Å². The fourth-order valence-electron chi connectivity index (χ4n) is 0.138. The van der Waals surface area contributed by atoms with E-state index in [2.05, 4.69) is 12.6 Å². The van der Waals surface area contributed by atoms with Gasteiger partial charge in [-0.15, -0.1) is 0 Å². The topological polar surface area (TPSA) is 40.5 Å². The average Bonchev–Trinajstić information content (AvgIpc) is 1.59. The zero-order chi connectivity index (χ0) is 6.62. The molecule has 0 aliphatic heterocycles. The predicted molar refractivity (Wildman–Crippen MR) is 41.9 cm³/mol. The third kappa shape index (κ3) is 6.97. The van der Waals surface area contributed by atoms with E-state index in [0.29, 0.717) is 5.08 Å². The number of hydrogen-bond acceptors (Lipinski definition) is 5. The lowest BCUT2D eigenvalue weighted by molar-refractivity contribution is -0.0574. The molecule has 0 amide bonds. The fraction of sp³-hybridized carbons (Fsp3) is 1.00. The van der Waals surface area contributed by atoms with Gasteiger partial charge in [0, 0.05) is 12.0 Å². The van der Waals surface area contributed by atoms with Crippen LogP contribution < -0.4 is 0 Å². The molecular weight excluding hydrogens is 164 g/mol. The molecule has 5 heteroatoms. The van der Waals surface area contributed by atoms with Crippen molar-refractivity contribution >= 4 is 34.2 Å². The summed E-state index contributed by atoms with van der Waals surface area (Å²) in [5.41, 5.74) is 0. The van der Waals surface area contributed by atoms with E-state index in [1.54, 1.807) is 0 Å². The van der Waals surface area contributed by atoms with Crippen molar-refractivity contribution in [1.82, 2.24) is 0 Å². The van der Waals surface area contributed by atoms with Crippen LogP contribution in [0.5, 0.6) is 0 Å². The zero-order valence-electron chi connectivity index (χ0n) is 4.37.